The number of rotatable bonds is 1. The van der Waals surface area contributed by atoms with Crippen molar-refractivity contribution >= 4 is 17.7 Å². The number of amides is 1. The summed E-state index contributed by atoms with van der Waals surface area (Å²) in [6.45, 7) is -0.263. The van der Waals surface area contributed by atoms with E-state index >= 15 is 4.39 Å². The number of halogens is 5. The van der Waals surface area contributed by atoms with Crippen molar-refractivity contribution in [1.29, 1.82) is 0 Å². The van der Waals surface area contributed by atoms with Gasteiger partial charge < -0.3 is 10.0 Å². The van der Waals surface area contributed by atoms with Crippen LogP contribution < -0.4 is 10.4 Å². The molecule has 38 heavy (non-hydrogen) atoms. The summed E-state index contributed by atoms with van der Waals surface area (Å²) in [4.78, 5) is 27.7. The second-order valence-electron chi connectivity index (χ2n) is 9.50. The Labute approximate surface area is 217 Å². The number of hydrogen-bond donors (Lipinski definition) is 1. The van der Waals surface area contributed by atoms with Gasteiger partial charge in [0.2, 0.25) is 5.43 Å². The molecule has 1 fully saturated rings. The van der Waals surface area contributed by atoms with E-state index in [1.54, 1.807) is 24.3 Å². The Balaban J connectivity index is 1.65. The lowest BCUT2D eigenvalue weighted by molar-refractivity contribution is -0.189. The first-order valence-electron chi connectivity index (χ1n) is 11.9. The SMILES string of the molecule is O=C1c2c(O)c(=O)ccn2N([C@@H]2c3ccccc3SCc3c2ccc(F)c3F)[C@@H]2C[C@H](C(F)(F)F)CCN12. The van der Waals surface area contributed by atoms with Gasteiger partial charge in [0, 0.05) is 35.0 Å². The lowest BCUT2D eigenvalue weighted by atomic mass is 9.89. The van der Waals surface area contributed by atoms with E-state index in [0.29, 0.717) is 16.0 Å². The van der Waals surface area contributed by atoms with Gasteiger partial charge >= 0.3 is 6.18 Å². The number of thioether (sulfide) groups is 1. The molecule has 6 rings (SSSR count). The molecule has 0 saturated carbocycles. The van der Waals surface area contributed by atoms with Crippen molar-refractivity contribution in [2.75, 3.05) is 11.6 Å². The van der Waals surface area contributed by atoms with E-state index in [-0.39, 0.29) is 24.3 Å². The number of aromatic nitrogens is 1. The first-order valence-corrected chi connectivity index (χ1v) is 12.9. The summed E-state index contributed by atoms with van der Waals surface area (Å²) in [5.74, 6) is -5.36. The van der Waals surface area contributed by atoms with Crippen LogP contribution >= 0.6 is 11.8 Å². The number of carbonyl (C=O) groups is 1. The predicted octanol–water partition coefficient (Wildman–Crippen LogP) is 4.92. The Kier molecular flexibility index (Phi) is 5.71. The van der Waals surface area contributed by atoms with E-state index in [1.165, 1.54) is 38.6 Å². The van der Waals surface area contributed by atoms with Gasteiger partial charge in [-0.25, -0.2) is 8.78 Å². The number of nitrogens with zero attached hydrogens (tertiary/aromatic N) is 3. The van der Waals surface area contributed by atoms with Gasteiger partial charge in [-0.1, -0.05) is 24.3 Å². The number of benzene rings is 2. The molecule has 0 radical (unpaired) electrons. The largest absolute Gasteiger partial charge is 0.502 e. The summed E-state index contributed by atoms with van der Waals surface area (Å²) >= 11 is 1.26. The fourth-order valence-corrected chi connectivity index (χ4v) is 6.78. The van der Waals surface area contributed by atoms with Gasteiger partial charge in [-0.15, -0.1) is 11.8 Å². The van der Waals surface area contributed by atoms with Crippen molar-refractivity contribution in [3.05, 3.63) is 92.9 Å². The number of alkyl halides is 3. The molecular formula is C26H20F5N3O3S. The number of pyridine rings is 1. The fraction of sp³-hybridized carbons (Fsp3) is 0.308. The van der Waals surface area contributed by atoms with Crippen LogP contribution in [0.4, 0.5) is 22.0 Å². The minimum atomic E-state index is -4.52. The average molecular weight is 550 g/mol. The van der Waals surface area contributed by atoms with Gasteiger partial charge in [-0.3, -0.25) is 19.3 Å². The van der Waals surface area contributed by atoms with E-state index in [2.05, 4.69) is 0 Å². The highest BCUT2D eigenvalue weighted by Gasteiger charge is 2.52. The summed E-state index contributed by atoms with van der Waals surface area (Å²) < 4.78 is 72.4. The van der Waals surface area contributed by atoms with Gasteiger partial charge in [0.1, 0.15) is 6.17 Å². The fourth-order valence-electron chi connectivity index (χ4n) is 5.66. The Morgan fingerprint density at radius 3 is 2.53 bits per heavy atom. The Bertz CT molecular complexity index is 1520. The monoisotopic (exact) mass is 549 g/mol. The van der Waals surface area contributed by atoms with Crippen LogP contribution in [-0.4, -0.2) is 39.5 Å². The molecule has 0 aliphatic carbocycles. The number of aromatic hydroxyl groups is 1. The maximum absolute atomic E-state index is 15.1. The molecular weight excluding hydrogens is 529 g/mol. The van der Waals surface area contributed by atoms with Crippen LogP contribution in [0.2, 0.25) is 0 Å². The molecule has 6 nitrogen and oxygen atoms in total. The molecule has 3 aliphatic rings. The van der Waals surface area contributed by atoms with Crippen LogP contribution in [0, 0.1) is 17.6 Å². The molecule has 0 spiro atoms. The zero-order valence-corrected chi connectivity index (χ0v) is 20.4. The minimum absolute atomic E-state index is 0.0506. The number of hydrogen-bond acceptors (Lipinski definition) is 5. The quantitative estimate of drug-likeness (QED) is 0.437. The molecule has 0 bridgehead atoms. The molecule has 1 amide bonds. The highest BCUT2D eigenvalue weighted by molar-refractivity contribution is 7.98. The zero-order chi connectivity index (χ0) is 26.9. The Hall–Kier alpha value is -3.54. The third kappa shape index (κ3) is 3.68. The van der Waals surface area contributed by atoms with Crippen LogP contribution in [0.15, 0.2) is 58.4 Å². The summed E-state index contributed by atoms with van der Waals surface area (Å²) in [5, 5.41) is 12.1. The maximum Gasteiger partial charge on any atom is 0.392 e. The van der Waals surface area contributed by atoms with Crippen molar-refractivity contribution in [2.45, 2.75) is 41.9 Å². The summed E-state index contributed by atoms with van der Waals surface area (Å²) in [6, 6.07) is 9.43. The lowest BCUT2D eigenvalue weighted by Gasteiger charge is -2.53. The van der Waals surface area contributed by atoms with Crippen LogP contribution in [0.5, 0.6) is 5.75 Å². The summed E-state index contributed by atoms with van der Waals surface area (Å²) in [5.41, 5.74) is -0.241. The molecule has 12 heteroatoms. The third-order valence-corrected chi connectivity index (χ3v) is 8.60. The molecule has 0 unspecified atom stereocenters. The maximum atomic E-state index is 15.1. The standard InChI is InChI=1S/C26H20F5N3O3S/c27-17-6-5-14-16(21(17)28)12-38-19-4-2-1-3-15(19)22(14)34-20-11-13(26(29,30)31)7-9-32(20)25(37)23-24(36)18(35)8-10-33(23)34/h1-6,8,10,13,20,22,36H,7,9,11-12H2/t13-,20-,22+/m1/s1. The van der Waals surface area contributed by atoms with Gasteiger partial charge in [-0.2, -0.15) is 13.2 Å². The molecule has 1 N–H and O–H groups in total. The molecule has 198 valence electrons. The van der Waals surface area contributed by atoms with Crippen molar-refractivity contribution in [3.63, 3.8) is 0 Å². The third-order valence-electron chi connectivity index (χ3n) is 7.49. The predicted molar refractivity (Wildman–Crippen MR) is 128 cm³/mol. The van der Waals surface area contributed by atoms with Crippen molar-refractivity contribution in [1.82, 2.24) is 9.58 Å². The van der Waals surface area contributed by atoms with Gasteiger partial charge in [0.15, 0.2) is 23.1 Å². The molecule has 1 aromatic heterocycles. The van der Waals surface area contributed by atoms with Crippen molar-refractivity contribution in [2.24, 2.45) is 5.92 Å². The molecule has 2 aromatic carbocycles. The Morgan fingerprint density at radius 1 is 1.00 bits per heavy atom. The lowest BCUT2D eigenvalue weighted by Crippen LogP contribution is -2.65. The summed E-state index contributed by atoms with van der Waals surface area (Å²) in [6.07, 6.45) is -5.27. The molecule has 3 aliphatic heterocycles. The zero-order valence-electron chi connectivity index (χ0n) is 19.6. The average Bonchev–Trinajstić information content (AvgIpc) is 3.05. The van der Waals surface area contributed by atoms with Crippen LogP contribution in [0.3, 0.4) is 0 Å². The Morgan fingerprint density at radius 2 is 1.76 bits per heavy atom. The number of fused-ring (bicyclic) bond motifs is 4. The van der Waals surface area contributed by atoms with Gasteiger partial charge in [0.25, 0.3) is 5.91 Å². The highest BCUT2D eigenvalue weighted by atomic mass is 32.2. The number of piperidine rings is 1. The molecule has 3 aromatic rings. The second-order valence-corrected chi connectivity index (χ2v) is 10.5. The molecule has 1 saturated heterocycles. The van der Waals surface area contributed by atoms with Crippen LogP contribution in [0.1, 0.15) is 46.1 Å². The summed E-state index contributed by atoms with van der Waals surface area (Å²) in [7, 11) is 0. The second kappa shape index (κ2) is 8.75. The topological polar surface area (TPSA) is 65.8 Å². The van der Waals surface area contributed by atoms with E-state index in [1.807, 2.05) is 0 Å². The van der Waals surface area contributed by atoms with E-state index in [0.717, 1.165) is 12.1 Å². The first kappa shape index (κ1) is 24.8. The first-order chi connectivity index (χ1) is 18.1. The van der Waals surface area contributed by atoms with Crippen LogP contribution in [0.25, 0.3) is 0 Å². The highest BCUT2D eigenvalue weighted by Crippen LogP contribution is 2.47. The molecule has 3 atom stereocenters. The van der Waals surface area contributed by atoms with Crippen LogP contribution in [-0.2, 0) is 5.75 Å². The smallest absolute Gasteiger partial charge is 0.392 e. The van der Waals surface area contributed by atoms with Gasteiger partial charge in [0.05, 0.1) is 12.0 Å². The van der Waals surface area contributed by atoms with Crippen molar-refractivity contribution < 1.29 is 31.9 Å². The van der Waals surface area contributed by atoms with Gasteiger partial charge in [-0.05, 0) is 36.1 Å². The van der Waals surface area contributed by atoms with E-state index < -0.39 is 65.1 Å². The minimum Gasteiger partial charge on any atom is -0.502 e. The normalized spacial score (nSPS) is 22.8. The van der Waals surface area contributed by atoms with E-state index in [4.69, 9.17) is 0 Å². The number of carbonyl (C=O) groups excluding carboxylic acids is 1. The van der Waals surface area contributed by atoms with E-state index in [9.17, 15) is 32.3 Å². The molecule has 4 heterocycles. The van der Waals surface area contributed by atoms with Crippen molar-refractivity contribution in [3.8, 4) is 5.75 Å².